The smallest absolute Gasteiger partial charge is 0.491 e. The third-order valence-corrected chi connectivity index (χ3v) is 14.1. The second-order valence-electron chi connectivity index (χ2n) is 19.5. The van der Waals surface area contributed by atoms with Crippen LogP contribution in [0.25, 0.3) is 33.8 Å². The van der Waals surface area contributed by atoms with Gasteiger partial charge in [0.15, 0.2) is 0 Å². The van der Waals surface area contributed by atoms with Crippen LogP contribution in [0.15, 0.2) is 183 Å². The van der Waals surface area contributed by atoms with Gasteiger partial charge in [0.1, 0.15) is 36.0 Å². The van der Waals surface area contributed by atoms with Crippen LogP contribution < -0.4 is 29.8 Å². The molecule has 0 atom stereocenters. The maximum absolute atomic E-state index is 13.6. The number of hydrogen-bond acceptors (Lipinski definition) is 19. The number of nitrogens with one attached hydrogen (secondary N) is 1. The van der Waals surface area contributed by atoms with Crippen LogP contribution in [-0.4, -0.2) is 96.2 Å². The Balaban J connectivity index is 0.000000173. The molecule has 0 amide bonds. The van der Waals surface area contributed by atoms with Gasteiger partial charge in [0.2, 0.25) is 47.4 Å². The Kier molecular flexibility index (Phi) is 28.4. The second-order valence-corrected chi connectivity index (χ2v) is 22.6. The van der Waals surface area contributed by atoms with Gasteiger partial charge >= 0.3 is 13.3 Å². The van der Waals surface area contributed by atoms with Crippen LogP contribution in [0, 0.1) is 85.4 Å². The number of aryl methyl sites for hydroxylation is 1. The van der Waals surface area contributed by atoms with Gasteiger partial charge in [-0.3, -0.25) is 15.1 Å². The minimum Gasteiger partial charge on any atom is -0.544 e. The molecule has 517 valence electrons. The number of rotatable bonds is 10. The van der Waals surface area contributed by atoms with Crippen molar-refractivity contribution in [2.75, 3.05) is 23.9 Å². The van der Waals surface area contributed by atoms with E-state index in [1.54, 1.807) is 42.5 Å². The number of anilines is 2. The number of hydrogen-bond donors (Lipinski definition) is 3. The fourth-order valence-electron chi connectivity index (χ4n) is 7.74. The summed E-state index contributed by atoms with van der Waals surface area (Å²) in [5, 5.41) is 39.3. The summed E-state index contributed by atoms with van der Waals surface area (Å²) in [6.07, 6.45) is 3.12. The molecular formula is C63H41BBr4F10IrN17O4-5. The van der Waals surface area contributed by atoms with E-state index in [4.69, 9.17) is 19.5 Å². The first-order valence-electron chi connectivity index (χ1n) is 27.6. The molecule has 2 aliphatic heterocycles. The van der Waals surface area contributed by atoms with Crippen molar-refractivity contribution in [3.8, 4) is 63.4 Å². The van der Waals surface area contributed by atoms with Crippen molar-refractivity contribution >= 4 is 87.7 Å². The molecule has 21 nitrogen and oxygen atoms in total. The van der Waals surface area contributed by atoms with Gasteiger partial charge in [-0.25, -0.2) is 28.7 Å². The number of aromatic amines is 1. The number of nitrogens with zero attached hydrogens (tertiary/aromatic N) is 16. The van der Waals surface area contributed by atoms with E-state index < -0.39 is 66.5 Å². The first kappa shape index (κ1) is 77.8. The van der Waals surface area contributed by atoms with Crippen molar-refractivity contribution in [3.63, 3.8) is 0 Å². The summed E-state index contributed by atoms with van der Waals surface area (Å²) in [6, 6.07) is 41.4. The second kappa shape index (κ2) is 36.5. The van der Waals surface area contributed by atoms with E-state index in [1.807, 2.05) is 109 Å². The third-order valence-electron chi connectivity index (χ3n) is 12.1. The van der Waals surface area contributed by atoms with Gasteiger partial charge in [-0.1, -0.05) is 53.6 Å². The zero-order valence-electron chi connectivity index (χ0n) is 50.8. The Morgan fingerprint density at radius 1 is 0.580 bits per heavy atom. The molecule has 13 rings (SSSR count). The van der Waals surface area contributed by atoms with Crippen LogP contribution in [0.4, 0.5) is 55.3 Å². The molecule has 0 fully saturated rings. The Bertz CT molecular complexity index is 4640. The maximum Gasteiger partial charge on any atom is 0.491 e. The normalized spacial score (nSPS) is 11.8. The van der Waals surface area contributed by atoms with Crippen molar-refractivity contribution < 1.29 is 83.5 Å². The summed E-state index contributed by atoms with van der Waals surface area (Å²) in [6.45, 7) is 5.71. The van der Waals surface area contributed by atoms with Crippen LogP contribution >= 0.6 is 63.7 Å². The number of alkyl halides is 3. The van der Waals surface area contributed by atoms with Gasteiger partial charge in [-0.2, -0.15) is 63.7 Å². The number of benzene rings is 1. The van der Waals surface area contributed by atoms with Gasteiger partial charge in [0.25, 0.3) is 0 Å². The zero-order valence-corrected chi connectivity index (χ0v) is 59.6. The minimum absolute atomic E-state index is 0. The summed E-state index contributed by atoms with van der Waals surface area (Å²) in [7, 11) is 2.28. The SMILES string of the molecule is Brc1cccc(Br)n1.CN1C=CN(c2[c-]c(N3C=CN(C)[CH-]3)cc(C#N)c2)[CH-]1.Cc1cc(Oc2cccc(-c3ccc(F)nc3F)n2)n[nH]1.Fc1c[c-]c(-c2cccc(Oc3cc(C(F)(F)F)n[n-]3)n2)c(F)n1.Fc1ccc(-c2cccc(Br)n2)c(F)n1.OB(O)c1ccc(F)nc1Br.[Ir]. The Hall–Kier alpha value is -9.54. The summed E-state index contributed by atoms with van der Waals surface area (Å²) in [5.74, 6) is -6.31. The van der Waals surface area contributed by atoms with Gasteiger partial charge in [0, 0.05) is 49.3 Å². The number of aromatic nitrogens is 12. The average molecular weight is 1810 g/mol. The van der Waals surface area contributed by atoms with E-state index in [1.165, 1.54) is 36.4 Å². The molecule has 0 aliphatic carbocycles. The molecule has 2 aliphatic rings. The molecule has 1 aromatic carbocycles. The summed E-state index contributed by atoms with van der Waals surface area (Å²) in [5.41, 5.74) is 2.85. The average Bonchev–Trinajstić information content (AvgIpc) is 1.49. The predicted molar refractivity (Wildman–Crippen MR) is 353 cm³/mol. The Labute approximate surface area is 609 Å². The van der Waals surface area contributed by atoms with E-state index in [0.717, 1.165) is 50.5 Å². The molecule has 0 unspecified atom stereocenters. The first-order valence-corrected chi connectivity index (χ1v) is 30.8. The zero-order chi connectivity index (χ0) is 71.5. The molecule has 100 heavy (non-hydrogen) atoms. The van der Waals surface area contributed by atoms with Crippen LogP contribution in [0.1, 0.15) is 17.0 Å². The van der Waals surface area contributed by atoms with Crippen LogP contribution in [0.2, 0.25) is 0 Å². The molecule has 0 spiro atoms. The number of halogens is 14. The Morgan fingerprint density at radius 2 is 1.08 bits per heavy atom. The van der Waals surface area contributed by atoms with Gasteiger partial charge in [-0.05, 0) is 188 Å². The van der Waals surface area contributed by atoms with E-state index >= 15 is 0 Å². The Morgan fingerprint density at radius 3 is 1.54 bits per heavy atom. The van der Waals surface area contributed by atoms with E-state index in [2.05, 4.69) is 142 Å². The predicted octanol–water partition coefficient (Wildman–Crippen LogP) is 14.1. The van der Waals surface area contributed by atoms with E-state index in [9.17, 15) is 49.2 Å². The number of ether oxygens (including phenoxy) is 2. The van der Waals surface area contributed by atoms with Gasteiger partial charge in [0.05, 0.1) is 28.6 Å². The molecule has 0 saturated carbocycles. The number of nitriles is 1. The quantitative estimate of drug-likeness (QED) is 0.0498. The molecule has 3 N–H and O–H groups in total. The van der Waals surface area contributed by atoms with E-state index in [0.29, 0.717) is 33.5 Å². The minimum atomic E-state index is -4.65. The monoisotopic (exact) mass is 1810 g/mol. The molecule has 0 bridgehead atoms. The van der Waals surface area contributed by atoms with Gasteiger partial charge < -0.3 is 49.3 Å². The van der Waals surface area contributed by atoms with Crippen LogP contribution in [-0.2, 0) is 26.3 Å². The standard InChI is InChI=1S/C15H14N5.C14H5F5N4O.C14H10F2N4O.C10H5BrF2N2.C5H4BBrFNO2.C5H3Br2N.Ir/c1-17-3-5-19(11-17)14-7-13(10-16)8-15(9-14)20-6-4-18(2)12-20;15-10-5-4-7(13(16)21-10)8-2-1-3-11(20-8)24-12-6-9(22-23-12)14(17,18)19;1-8-7-13(20-19-8)21-12-4-2-3-10(17-12)9-5-6-11(15)18-14(9)16;11-8-3-1-2-7(14-8)6-4-5-9(12)15-10(6)13;7-5-3(6(10)11)1-2-4(8)9-5;6-4-2-1-3-5(7)8-4;/h3-8,11-12H,1-2H3;1-3,5-6H;2-7H,1H3,(H,19,20);1-5H;1-2,10-11H;1-3H;/q-3;-2;;;;;. The van der Waals surface area contributed by atoms with Crippen molar-refractivity contribution in [2.24, 2.45) is 0 Å². The largest absolute Gasteiger partial charge is 0.544 e. The molecule has 12 heterocycles. The number of H-pyrrole nitrogens is 1. The van der Waals surface area contributed by atoms with E-state index in [-0.39, 0.29) is 64.3 Å². The van der Waals surface area contributed by atoms with Crippen LogP contribution in [0.5, 0.6) is 23.5 Å². The fourth-order valence-corrected chi connectivity index (χ4v) is 9.52. The van der Waals surface area contributed by atoms with Crippen molar-refractivity contribution in [1.82, 2.24) is 70.1 Å². The maximum atomic E-state index is 13.6. The molecule has 11 aromatic rings. The molecule has 37 heteroatoms. The number of pyridine rings is 8. The van der Waals surface area contributed by atoms with Crippen LogP contribution in [0.3, 0.4) is 0 Å². The van der Waals surface area contributed by atoms with Crippen molar-refractivity contribution in [2.45, 2.75) is 13.1 Å². The molecular weight excluding hydrogens is 1770 g/mol. The summed E-state index contributed by atoms with van der Waals surface area (Å²) in [4.78, 5) is 36.4. The first-order chi connectivity index (χ1) is 47.2. The molecule has 1 radical (unpaired) electrons. The van der Waals surface area contributed by atoms with Crippen molar-refractivity contribution in [3.05, 3.63) is 267 Å². The summed E-state index contributed by atoms with van der Waals surface area (Å²) >= 11 is 12.5. The molecule has 10 aromatic heterocycles. The topological polar surface area (TPSA) is 254 Å². The van der Waals surface area contributed by atoms with Gasteiger partial charge in [-0.15, -0.1) is 40.7 Å². The third kappa shape index (κ3) is 23.3. The van der Waals surface area contributed by atoms with Crippen molar-refractivity contribution in [1.29, 1.82) is 5.26 Å². The fraction of sp³-hybridized carbons (Fsp3) is 0.0635. The summed E-state index contributed by atoms with van der Waals surface area (Å²) < 4.78 is 141. The molecule has 0 saturated heterocycles.